The summed E-state index contributed by atoms with van der Waals surface area (Å²) >= 11 is 0. The average molecular weight is 410 g/mol. The smallest absolute Gasteiger partial charge is 0.279 e. The third kappa shape index (κ3) is 3.46. The first-order chi connectivity index (χ1) is 15.2. The van der Waals surface area contributed by atoms with Crippen LogP contribution in [0.4, 0.5) is 0 Å². The zero-order valence-electron chi connectivity index (χ0n) is 16.7. The largest absolute Gasteiger partial charge is 0.494 e. The van der Waals surface area contributed by atoms with E-state index in [2.05, 4.69) is 15.2 Å². The predicted octanol–water partition coefficient (Wildman–Crippen LogP) is 4.50. The molecule has 152 valence electrons. The van der Waals surface area contributed by atoms with Crippen molar-refractivity contribution in [3.63, 3.8) is 0 Å². The summed E-state index contributed by atoms with van der Waals surface area (Å²) < 4.78 is 12.4. The minimum absolute atomic E-state index is 0.211. The maximum atomic E-state index is 13.0. The highest BCUT2D eigenvalue weighted by molar-refractivity contribution is 5.92. The molecule has 0 aliphatic rings. The van der Waals surface area contributed by atoms with E-state index in [0.717, 1.165) is 11.3 Å². The summed E-state index contributed by atoms with van der Waals surface area (Å²) in [4.78, 5) is 17.6. The lowest BCUT2D eigenvalue weighted by Gasteiger charge is -2.08. The molecule has 7 heteroatoms. The molecule has 0 unspecified atom stereocenters. The SMILES string of the molecule is CCOc1ccc(-c2noc(-c3nn(-c4ccccc4)c(=O)c4ccccc34)n2)cc1. The van der Waals surface area contributed by atoms with Crippen molar-refractivity contribution in [1.29, 1.82) is 0 Å². The van der Waals surface area contributed by atoms with Crippen LogP contribution in [0.1, 0.15) is 6.92 Å². The van der Waals surface area contributed by atoms with E-state index >= 15 is 0 Å². The van der Waals surface area contributed by atoms with Gasteiger partial charge in [-0.3, -0.25) is 4.79 Å². The van der Waals surface area contributed by atoms with Gasteiger partial charge in [0, 0.05) is 10.9 Å². The van der Waals surface area contributed by atoms with E-state index in [1.165, 1.54) is 4.68 Å². The molecular formula is C24H18N4O3. The van der Waals surface area contributed by atoms with E-state index in [1.807, 2.05) is 79.7 Å². The van der Waals surface area contributed by atoms with Crippen LogP contribution in [0.2, 0.25) is 0 Å². The number of ether oxygens (including phenoxy) is 1. The molecule has 0 bridgehead atoms. The first kappa shape index (κ1) is 18.7. The molecular weight excluding hydrogens is 392 g/mol. The second-order valence-electron chi connectivity index (χ2n) is 6.83. The van der Waals surface area contributed by atoms with Gasteiger partial charge in [0.05, 0.1) is 17.7 Å². The Bertz CT molecular complexity index is 1410. The minimum Gasteiger partial charge on any atom is -0.494 e. The fraction of sp³-hybridized carbons (Fsp3) is 0.0833. The van der Waals surface area contributed by atoms with Crippen LogP contribution in [0.3, 0.4) is 0 Å². The molecule has 0 aliphatic heterocycles. The Kier molecular flexibility index (Phi) is 4.76. The van der Waals surface area contributed by atoms with E-state index < -0.39 is 0 Å². The van der Waals surface area contributed by atoms with Crippen LogP contribution in [-0.4, -0.2) is 26.5 Å². The molecule has 5 rings (SSSR count). The Hall–Kier alpha value is -4.26. The molecule has 5 aromatic rings. The zero-order valence-corrected chi connectivity index (χ0v) is 16.7. The van der Waals surface area contributed by atoms with E-state index in [1.54, 1.807) is 6.07 Å². The van der Waals surface area contributed by atoms with E-state index in [9.17, 15) is 4.79 Å². The molecule has 0 spiro atoms. The van der Waals surface area contributed by atoms with Crippen LogP contribution in [0.25, 0.3) is 39.4 Å². The second kappa shape index (κ2) is 7.87. The summed E-state index contributed by atoms with van der Waals surface area (Å²) in [5, 5.41) is 9.87. The standard InChI is InChI=1S/C24H18N4O3/c1-2-30-18-14-12-16(13-15-18)22-25-23(31-27-22)21-19-10-6-7-11-20(19)24(29)28(26-21)17-8-4-3-5-9-17/h3-15H,2H2,1H3. The maximum Gasteiger partial charge on any atom is 0.279 e. The average Bonchev–Trinajstić information content (AvgIpc) is 3.31. The Morgan fingerprint density at radius 3 is 2.35 bits per heavy atom. The Morgan fingerprint density at radius 2 is 1.61 bits per heavy atom. The molecule has 0 N–H and O–H groups in total. The normalized spacial score (nSPS) is 11.0. The van der Waals surface area contributed by atoms with Crippen LogP contribution in [-0.2, 0) is 0 Å². The van der Waals surface area contributed by atoms with Crippen LogP contribution in [0.15, 0.2) is 88.2 Å². The molecule has 0 saturated carbocycles. The van der Waals surface area contributed by atoms with Crippen molar-refractivity contribution in [2.75, 3.05) is 6.61 Å². The van der Waals surface area contributed by atoms with Gasteiger partial charge >= 0.3 is 0 Å². The van der Waals surface area contributed by atoms with Crippen molar-refractivity contribution in [3.05, 3.63) is 89.2 Å². The Balaban J connectivity index is 1.64. The third-order valence-corrected chi connectivity index (χ3v) is 4.86. The lowest BCUT2D eigenvalue weighted by Crippen LogP contribution is -2.22. The minimum atomic E-state index is -0.211. The predicted molar refractivity (Wildman–Crippen MR) is 117 cm³/mol. The van der Waals surface area contributed by atoms with Gasteiger partial charge in [-0.2, -0.15) is 14.8 Å². The van der Waals surface area contributed by atoms with Gasteiger partial charge in [0.15, 0.2) is 5.69 Å². The van der Waals surface area contributed by atoms with E-state index in [4.69, 9.17) is 9.26 Å². The van der Waals surface area contributed by atoms with Gasteiger partial charge in [-0.1, -0.05) is 41.6 Å². The highest BCUT2D eigenvalue weighted by Crippen LogP contribution is 2.27. The fourth-order valence-corrected chi connectivity index (χ4v) is 3.40. The van der Waals surface area contributed by atoms with E-state index in [-0.39, 0.29) is 11.4 Å². The topological polar surface area (TPSA) is 83.0 Å². The number of benzene rings is 3. The molecule has 2 aromatic heterocycles. The van der Waals surface area contributed by atoms with Gasteiger partial charge in [-0.05, 0) is 49.4 Å². The molecule has 31 heavy (non-hydrogen) atoms. The summed E-state index contributed by atoms with van der Waals surface area (Å²) in [6.07, 6.45) is 0. The zero-order chi connectivity index (χ0) is 21.2. The van der Waals surface area contributed by atoms with Crippen LogP contribution >= 0.6 is 0 Å². The Morgan fingerprint density at radius 1 is 0.903 bits per heavy atom. The van der Waals surface area contributed by atoms with Crippen LogP contribution in [0.5, 0.6) is 5.75 Å². The monoisotopic (exact) mass is 410 g/mol. The number of rotatable bonds is 5. The van der Waals surface area contributed by atoms with Crippen molar-refractivity contribution in [3.8, 4) is 34.4 Å². The van der Waals surface area contributed by atoms with Crippen molar-refractivity contribution >= 4 is 10.8 Å². The maximum absolute atomic E-state index is 13.0. The van der Waals surface area contributed by atoms with Crippen molar-refractivity contribution in [2.45, 2.75) is 6.92 Å². The highest BCUT2D eigenvalue weighted by atomic mass is 16.5. The molecule has 0 fully saturated rings. The quantitative estimate of drug-likeness (QED) is 0.424. The number of fused-ring (bicyclic) bond motifs is 1. The van der Waals surface area contributed by atoms with Crippen molar-refractivity contribution in [2.24, 2.45) is 0 Å². The van der Waals surface area contributed by atoms with Crippen molar-refractivity contribution < 1.29 is 9.26 Å². The molecule has 0 aliphatic carbocycles. The lowest BCUT2D eigenvalue weighted by atomic mass is 10.1. The Labute approximate surface area is 177 Å². The summed E-state index contributed by atoms with van der Waals surface area (Å²) in [5.41, 5.74) is 1.69. The molecule has 0 atom stereocenters. The number of aromatic nitrogens is 4. The number of para-hydroxylation sites is 1. The van der Waals surface area contributed by atoms with Crippen molar-refractivity contribution in [1.82, 2.24) is 19.9 Å². The number of hydrogen-bond donors (Lipinski definition) is 0. The first-order valence-corrected chi connectivity index (χ1v) is 9.89. The lowest BCUT2D eigenvalue weighted by molar-refractivity contribution is 0.340. The second-order valence-corrected chi connectivity index (χ2v) is 6.83. The summed E-state index contributed by atoms with van der Waals surface area (Å²) in [7, 11) is 0. The molecule has 3 aromatic carbocycles. The molecule has 2 heterocycles. The fourth-order valence-electron chi connectivity index (χ4n) is 3.40. The van der Waals surface area contributed by atoms with Gasteiger partial charge in [-0.25, -0.2) is 0 Å². The van der Waals surface area contributed by atoms with Gasteiger partial charge in [0.1, 0.15) is 5.75 Å². The third-order valence-electron chi connectivity index (χ3n) is 4.86. The molecule has 0 amide bonds. The molecule has 0 radical (unpaired) electrons. The van der Waals surface area contributed by atoms with Crippen LogP contribution in [0, 0.1) is 0 Å². The summed E-state index contributed by atoms with van der Waals surface area (Å²) in [5.74, 6) is 1.45. The van der Waals surface area contributed by atoms with Gasteiger partial charge in [0.25, 0.3) is 11.4 Å². The molecule has 7 nitrogen and oxygen atoms in total. The van der Waals surface area contributed by atoms with Gasteiger partial charge in [0.2, 0.25) is 5.82 Å². The molecule has 0 saturated heterocycles. The first-order valence-electron chi connectivity index (χ1n) is 9.89. The number of hydrogen-bond acceptors (Lipinski definition) is 6. The summed E-state index contributed by atoms with van der Waals surface area (Å²) in [6, 6.07) is 24.0. The number of nitrogens with zero attached hydrogens (tertiary/aromatic N) is 4. The highest BCUT2D eigenvalue weighted by Gasteiger charge is 2.19. The van der Waals surface area contributed by atoms with E-state index in [0.29, 0.717) is 34.6 Å². The van der Waals surface area contributed by atoms with Gasteiger partial charge in [-0.15, -0.1) is 0 Å². The van der Waals surface area contributed by atoms with Crippen LogP contribution < -0.4 is 10.3 Å². The summed E-state index contributed by atoms with van der Waals surface area (Å²) in [6.45, 7) is 2.53. The van der Waals surface area contributed by atoms with Gasteiger partial charge < -0.3 is 9.26 Å².